The Morgan fingerprint density at radius 3 is 2.67 bits per heavy atom. The first kappa shape index (κ1) is 11.7. The quantitative estimate of drug-likeness (QED) is 0.362. The monoisotopic (exact) mass is 403 g/mol. The predicted molar refractivity (Wildman–Crippen MR) is 122 cm³/mol. The molecule has 150 valence electrons. The summed E-state index contributed by atoms with van der Waals surface area (Å²) in [6.07, 6.45) is -0.847. The molecular weight excluding hydrogens is 368 g/mol. The molecule has 30 heavy (non-hydrogen) atoms. The predicted octanol–water partition coefficient (Wildman–Crippen LogP) is 7.24. The van der Waals surface area contributed by atoms with E-state index in [1.165, 1.54) is 18.2 Å². The third kappa shape index (κ3) is 3.86. The molecule has 2 aromatic carbocycles. The van der Waals surface area contributed by atoms with Crippen molar-refractivity contribution in [2.45, 2.75) is 40.8 Å². The summed E-state index contributed by atoms with van der Waals surface area (Å²) < 4.78 is 80.7. The maximum atomic E-state index is 9.26. The number of furan rings is 1. The summed E-state index contributed by atoms with van der Waals surface area (Å²) in [6, 6.07) is 12.2. The number of fused-ring (bicyclic) bond motifs is 1. The van der Waals surface area contributed by atoms with Gasteiger partial charge in [0.05, 0.1) is 7.06 Å². The largest absolute Gasteiger partial charge is 0.445 e. The Morgan fingerprint density at radius 2 is 1.93 bits per heavy atom. The van der Waals surface area contributed by atoms with Gasteiger partial charge in [-0.05, 0) is 65.4 Å². The number of benzene rings is 2. The van der Waals surface area contributed by atoms with Crippen molar-refractivity contribution in [3.8, 4) is 28.5 Å². The van der Waals surface area contributed by atoms with E-state index in [-0.39, 0.29) is 45.3 Å². The Hall–Kier alpha value is -3.38. The van der Waals surface area contributed by atoms with Crippen LogP contribution in [-0.4, -0.2) is 4.98 Å². The third-order valence-corrected chi connectivity index (χ3v) is 4.56. The van der Waals surface area contributed by atoms with Crippen LogP contribution >= 0.6 is 0 Å². The fourth-order valence-corrected chi connectivity index (χ4v) is 3.35. The average Bonchev–Trinajstić information content (AvgIpc) is 3.25. The first-order valence-electron chi connectivity index (χ1n) is 14.0. The number of rotatable bonds is 3. The first-order valence-corrected chi connectivity index (χ1v) is 9.46. The molecule has 0 aliphatic rings. The molecular formula is C27H26N2O. The van der Waals surface area contributed by atoms with E-state index < -0.39 is 25.5 Å². The molecule has 0 bridgehead atoms. The lowest BCUT2D eigenvalue weighted by atomic mass is 9.86. The maximum Gasteiger partial charge on any atom is 0.204 e. The number of nitrogens with zero attached hydrogens (tertiary/aromatic N) is 2. The van der Waals surface area contributed by atoms with Crippen LogP contribution in [-0.2, 0) is 6.37 Å². The number of hydrogen-bond acceptors (Lipinski definition) is 3. The van der Waals surface area contributed by atoms with Crippen molar-refractivity contribution >= 4 is 11.0 Å². The molecule has 0 amide bonds. The van der Waals surface area contributed by atoms with Gasteiger partial charge in [0.15, 0.2) is 0 Å². The molecule has 3 heteroatoms. The molecule has 0 unspecified atom stereocenters. The van der Waals surface area contributed by atoms with E-state index in [1.807, 2.05) is 6.07 Å². The molecule has 0 saturated carbocycles. The van der Waals surface area contributed by atoms with Gasteiger partial charge in [-0.2, -0.15) is 5.26 Å². The van der Waals surface area contributed by atoms with Crippen LogP contribution < -0.4 is 0 Å². The summed E-state index contributed by atoms with van der Waals surface area (Å²) in [6.45, 7) is -0.451. The second-order valence-electron chi connectivity index (χ2n) is 8.11. The van der Waals surface area contributed by atoms with Crippen LogP contribution in [0, 0.1) is 30.4 Å². The molecule has 4 rings (SSSR count). The fourth-order valence-electron chi connectivity index (χ4n) is 3.35. The molecule has 0 aliphatic heterocycles. The minimum atomic E-state index is -2.78. The van der Waals surface area contributed by atoms with Crippen LogP contribution in [0.25, 0.3) is 33.4 Å². The van der Waals surface area contributed by atoms with Gasteiger partial charge in [-0.15, -0.1) is 0 Å². The van der Waals surface area contributed by atoms with Crippen molar-refractivity contribution in [3.05, 3.63) is 77.2 Å². The topological polar surface area (TPSA) is 49.8 Å². The van der Waals surface area contributed by atoms with Crippen molar-refractivity contribution < 1.29 is 16.8 Å². The fraction of sp³-hybridized carbons (Fsp3) is 0.259. The molecule has 0 aliphatic carbocycles. The normalized spacial score (nSPS) is 17.3. The van der Waals surface area contributed by atoms with Crippen LogP contribution in [0.5, 0.6) is 0 Å². The molecule has 3 nitrogen and oxygen atoms in total. The van der Waals surface area contributed by atoms with E-state index in [9.17, 15) is 5.26 Å². The first-order chi connectivity index (χ1) is 17.9. The summed E-state index contributed by atoms with van der Waals surface area (Å²) in [7, 11) is 0. The molecule has 0 N–H and O–H groups in total. The van der Waals surface area contributed by atoms with E-state index in [2.05, 4.69) is 4.98 Å². The number of hydrogen-bond donors (Lipinski definition) is 0. The number of para-hydroxylation sites is 1. The van der Waals surface area contributed by atoms with E-state index in [4.69, 9.17) is 16.8 Å². The summed E-state index contributed by atoms with van der Waals surface area (Å²) in [5.74, 6) is 0.0821. The average molecular weight is 404 g/mol. The van der Waals surface area contributed by atoms with Crippen LogP contribution in [0.4, 0.5) is 0 Å². The van der Waals surface area contributed by atoms with E-state index in [1.54, 1.807) is 45.0 Å². The smallest absolute Gasteiger partial charge is 0.204 e. The van der Waals surface area contributed by atoms with Gasteiger partial charge in [0.25, 0.3) is 0 Å². The molecule has 0 radical (unpaired) electrons. The number of nitriles is 1. The summed E-state index contributed by atoms with van der Waals surface area (Å²) >= 11 is 0. The minimum absolute atomic E-state index is 0.0176. The third-order valence-electron chi connectivity index (χ3n) is 4.56. The SMILES string of the molecule is [2H]c1cc(C([2H])([2H])C(C)(C)C)cc(C([2H])([2H])[2H])c1-c1cc(-c2cccc3cc(C#N)oc23)ncc1C([2H])([2H])[2H]. The molecule has 0 saturated heterocycles. The minimum Gasteiger partial charge on any atom is -0.445 e. The van der Waals surface area contributed by atoms with Crippen LogP contribution in [0.15, 0.2) is 59.1 Å². The Morgan fingerprint density at radius 1 is 1.10 bits per heavy atom. The molecule has 2 aromatic heterocycles. The number of pyridine rings is 1. The van der Waals surface area contributed by atoms with Crippen molar-refractivity contribution in [1.29, 1.82) is 5.26 Å². The summed E-state index contributed by atoms with van der Waals surface area (Å²) in [5, 5.41) is 9.89. The molecule has 2 heterocycles. The highest BCUT2D eigenvalue weighted by Gasteiger charge is 2.15. The Labute approximate surface area is 190 Å². The second-order valence-corrected chi connectivity index (χ2v) is 8.11. The van der Waals surface area contributed by atoms with Gasteiger partial charge < -0.3 is 4.42 Å². The standard InChI is InChI=1S/C27H26N2O/c1-17-11-19(14-27(3,4)5)9-10-22(17)24-13-25(29-16-18(24)2)23-8-6-7-20-12-21(15-28)30-26(20)23/h6-13,16H,14H2,1-5H3/i1D3,2D3,10D,14D2. The van der Waals surface area contributed by atoms with Crippen molar-refractivity contribution in [2.24, 2.45) is 5.41 Å². The lowest BCUT2D eigenvalue weighted by molar-refractivity contribution is 0.411. The number of aromatic nitrogens is 1. The highest BCUT2D eigenvalue weighted by Crippen LogP contribution is 2.34. The molecule has 4 aromatic rings. The van der Waals surface area contributed by atoms with Crippen LogP contribution in [0.3, 0.4) is 0 Å². The van der Waals surface area contributed by atoms with Crippen LogP contribution in [0.1, 0.15) is 55.6 Å². The van der Waals surface area contributed by atoms with Gasteiger partial charge in [0.2, 0.25) is 5.76 Å². The summed E-state index contributed by atoms with van der Waals surface area (Å²) in [5.41, 5.74) is -0.572. The van der Waals surface area contributed by atoms with Gasteiger partial charge in [0, 0.05) is 34.2 Å². The zero-order valence-electron chi connectivity index (χ0n) is 25.9. The summed E-state index contributed by atoms with van der Waals surface area (Å²) in [4.78, 5) is 4.33. The maximum absolute atomic E-state index is 9.26. The van der Waals surface area contributed by atoms with Crippen LogP contribution in [0.2, 0.25) is 0 Å². The van der Waals surface area contributed by atoms with Crippen molar-refractivity contribution in [3.63, 3.8) is 0 Å². The van der Waals surface area contributed by atoms with E-state index >= 15 is 0 Å². The van der Waals surface area contributed by atoms with Gasteiger partial charge in [-0.25, -0.2) is 0 Å². The molecule has 0 spiro atoms. The van der Waals surface area contributed by atoms with Crippen molar-refractivity contribution in [1.82, 2.24) is 4.98 Å². The second kappa shape index (κ2) is 7.46. The van der Waals surface area contributed by atoms with Crippen molar-refractivity contribution in [2.75, 3.05) is 0 Å². The highest BCUT2D eigenvalue weighted by atomic mass is 16.3. The molecule has 0 fully saturated rings. The lowest BCUT2D eigenvalue weighted by Crippen LogP contribution is -2.09. The Balaban J connectivity index is 2.07. The Kier molecular flexibility index (Phi) is 2.91. The van der Waals surface area contributed by atoms with Gasteiger partial charge in [-0.1, -0.05) is 51.1 Å². The Bertz CT molecular complexity index is 1620. The lowest BCUT2D eigenvalue weighted by Gasteiger charge is -2.19. The van der Waals surface area contributed by atoms with Gasteiger partial charge in [-0.3, -0.25) is 4.98 Å². The number of aryl methyl sites for hydroxylation is 2. The van der Waals surface area contributed by atoms with E-state index in [0.29, 0.717) is 16.5 Å². The van der Waals surface area contributed by atoms with Gasteiger partial charge >= 0.3 is 0 Å². The zero-order valence-corrected chi connectivity index (χ0v) is 16.9. The zero-order chi connectivity index (χ0) is 29.1. The van der Waals surface area contributed by atoms with Gasteiger partial charge in [0.1, 0.15) is 11.7 Å². The highest BCUT2D eigenvalue weighted by molar-refractivity contribution is 5.93. The van der Waals surface area contributed by atoms with E-state index in [0.717, 1.165) is 6.20 Å². The molecule has 0 atom stereocenters.